The average molecular weight is 163 g/mol. The number of nitrogens with two attached hydrogens (primary N) is 1. The van der Waals surface area contributed by atoms with Crippen LogP contribution >= 0.6 is 0 Å². The van der Waals surface area contributed by atoms with Gasteiger partial charge in [-0.3, -0.25) is 0 Å². The minimum absolute atomic E-state index is 0.194. The molecule has 4 bridgehead atoms. The summed E-state index contributed by atoms with van der Waals surface area (Å²) in [6, 6.07) is 0. The van der Waals surface area contributed by atoms with Crippen LogP contribution in [-0.4, -0.2) is 5.54 Å². The van der Waals surface area contributed by atoms with Gasteiger partial charge in [0.1, 0.15) is 0 Å². The Morgan fingerprint density at radius 1 is 1.42 bits per heavy atom. The molecule has 2 N–H and O–H groups in total. The minimum atomic E-state index is 0.194. The quantitative estimate of drug-likeness (QED) is 0.544. The first-order valence-electron chi connectivity index (χ1n) is 5.06. The van der Waals surface area contributed by atoms with Crippen LogP contribution in [0, 0.1) is 11.3 Å². The van der Waals surface area contributed by atoms with Gasteiger partial charge < -0.3 is 5.73 Å². The molecule has 1 heteroatoms. The van der Waals surface area contributed by atoms with E-state index in [0.29, 0.717) is 5.41 Å². The van der Waals surface area contributed by atoms with E-state index in [1.165, 1.54) is 32.1 Å². The van der Waals surface area contributed by atoms with E-state index in [2.05, 4.69) is 13.0 Å². The summed E-state index contributed by atoms with van der Waals surface area (Å²) in [5, 5.41) is 0. The maximum Gasteiger partial charge on any atom is 0.0202 e. The lowest BCUT2D eigenvalue weighted by molar-refractivity contribution is 0.0586. The summed E-state index contributed by atoms with van der Waals surface area (Å²) in [6.07, 6.45) is 8.96. The Labute approximate surface area is 74.0 Å². The molecule has 66 valence electrons. The van der Waals surface area contributed by atoms with Crippen molar-refractivity contribution < 1.29 is 0 Å². The molecule has 1 nitrogen and oxygen atoms in total. The van der Waals surface area contributed by atoms with Crippen molar-refractivity contribution in [2.24, 2.45) is 17.1 Å². The Kier molecular flexibility index (Phi) is 1.07. The zero-order valence-electron chi connectivity index (χ0n) is 7.77. The van der Waals surface area contributed by atoms with Crippen LogP contribution in [0.1, 0.15) is 39.0 Å². The van der Waals surface area contributed by atoms with Crippen molar-refractivity contribution in [3.8, 4) is 0 Å². The molecular weight excluding hydrogens is 146 g/mol. The Morgan fingerprint density at radius 2 is 2.25 bits per heavy atom. The molecule has 2 fully saturated rings. The summed E-state index contributed by atoms with van der Waals surface area (Å²) >= 11 is 0. The van der Waals surface area contributed by atoms with Gasteiger partial charge in [0.2, 0.25) is 0 Å². The summed E-state index contributed by atoms with van der Waals surface area (Å²) in [7, 11) is 0. The molecule has 0 aromatic carbocycles. The predicted octanol–water partition coefficient (Wildman–Crippen LogP) is 2.22. The zero-order valence-corrected chi connectivity index (χ0v) is 7.77. The average Bonchev–Trinajstić information content (AvgIpc) is 1.75. The summed E-state index contributed by atoms with van der Waals surface area (Å²) < 4.78 is 0. The third kappa shape index (κ3) is 0.832. The lowest BCUT2D eigenvalue weighted by Gasteiger charge is -2.56. The van der Waals surface area contributed by atoms with Crippen molar-refractivity contribution in [1.29, 1.82) is 0 Å². The summed E-state index contributed by atoms with van der Waals surface area (Å²) in [4.78, 5) is 0. The maximum absolute atomic E-state index is 6.37. The Morgan fingerprint density at radius 3 is 2.83 bits per heavy atom. The number of hydrogen-bond acceptors (Lipinski definition) is 1. The van der Waals surface area contributed by atoms with E-state index in [1.54, 1.807) is 5.57 Å². The molecule has 0 saturated heterocycles. The van der Waals surface area contributed by atoms with E-state index in [1.807, 2.05) is 0 Å². The Balaban J connectivity index is 2.09. The molecular formula is C11H17N. The normalized spacial score (nSPS) is 55.8. The Hall–Kier alpha value is -0.300. The lowest BCUT2D eigenvalue weighted by atomic mass is 9.52. The molecule has 0 spiro atoms. The molecule has 4 rings (SSSR count). The van der Waals surface area contributed by atoms with Gasteiger partial charge in [-0.1, -0.05) is 18.6 Å². The van der Waals surface area contributed by atoms with Crippen LogP contribution in [0.15, 0.2) is 11.6 Å². The minimum Gasteiger partial charge on any atom is -0.325 e. The smallest absolute Gasteiger partial charge is 0.0202 e. The maximum atomic E-state index is 6.37. The second-order valence-corrected chi connectivity index (χ2v) is 5.70. The van der Waals surface area contributed by atoms with Crippen molar-refractivity contribution in [2.45, 2.75) is 44.6 Å². The van der Waals surface area contributed by atoms with Gasteiger partial charge in [-0.05, 0) is 43.4 Å². The van der Waals surface area contributed by atoms with Gasteiger partial charge in [0.25, 0.3) is 0 Å². The van der Waals surface area contributed by atoms with Gasteiger partial charge in [-0.2, -0.15) is 0 Å². The highest BCUT2D eigenvalue weighted by molar-refractivity contribution is 5.26. The molecule has 0 aromatic heterocycles. The van der Waals surface area contributed by atoms with Crippen LogP contribution in [0.4, 0.5) is 0 Å². The summed E-state index contributed by atoms with van der Waals surface area (Å²) in [5.74, 6) is 0.825. The highest BCUT2D eigenvalue weighted by atomic mass is 14.8. The topological polar surface area (TPSA) is 26.0 Å². The van der Waals surface area contributed by atoms with Gasteiger partial charge in [-0.15, -0.1) is 0 Å². The third-order valence-electron chi connectivity index (χ3n) is 3.91. The van der Waals surface area contributed by atoms with Crippen LogP contribution in [0.3, 0.4) is 0 Å². The molecule has 4 aliphatic rings. The highest BCUT2D eigenvalue weighted by Crippen LogP contribution is 2.57. The predicted molar refractivity (Wildman–Crippen MR) is 49.7 cm³/mol. The second-order valence-electron chi connectivity index (χ2n) is 5.70. The van der Waals surface area contributed by atoms with E-state index >= 15 is 0 Å². The Bertz CT molecular complexity index is 246. The molecule has 3 unspecified atom stereocenters. The lowest BCUT2D eigenvalue weighted by Crippen LogP contribution is -2.55. The first-order chi connectivity index (χ1) is 5.57. The number of allylic oxidation sites excluding steroid dienone is 1. The van der Waals surface area contributed by atoms with Crippen molar-refractivity contribution in [3.63, 3.8) is 0 Å². The molecule has 3 atom stereocenters. The highest BCUT2D eigenvalue weighted by Gasteiger charge is 2.50. The van der Waals surface area contributed by atoms with Gasteiger partial charge in [-0.25, -0.2) is 0 Å². The molecule has 0 heterocycles. The zero-order chi connectivity index (χ0) is 8.40. The van der Waals surface area contributed by atoms with Crippen molar-refractivity contribution in [1.82, 2.24) is 0 Å². The van der Waals surface area contributed by atoms with Gasteiger partial charge in [0.15, 0.2) is 0 Å². The summed E-state index contributed by atoms with van der Waals surface area (Å²) in [5.41, 5.74) is 8.79. The van der Waals surface area contributed by atoms with E-state index in [0.717, 1.165) is 5.92 Å². The molecule has 12 heavy (non-hydrogen) atoms. The fraction of sp³-hybridized carbons (Fsp3) is 0.818. The third-order valence-corrected chi connectivity index (χ3v) is 3.91. The molecule has 0 amide bonds. The molecule has 0 aromatic rings. The van der Waals surface area contributed by atoms with E-state index < -0.39 is 0 Å². The van der Waals surface area contributed by atoms with Gasteiger partial charge in [0.05, 0.1) is 0 Å². The van der Waals surface area contributed by atoms with Crippen LogP contribution < -0.4 is 5.73 Å². The van der Waals surface area contributed by atoms with Crippen LogP contribution in [-0.2, 0) is 0 Å². The molecule has 2 saturated carbocycles. The largest absolute Gasteiger partial charge is 0.325 e. The first kappa shape index (κ1) is 7.14. The van der Waals surface area contributed by atoms with Gasteiger partial charge >= 0.3 is 0 Å². The van der Waals surface area contributed by atoms with E-state index in [-0.39, 0.29) is 5.54 Å². The van der Waals surface area contributed by atoms with Crippen molar-refractivity contribution >= 4 is 0 Å². The fourth-order valence-corrected chi connectivity index (χ4v) is 4.12. The molecule has 4 aliphatic carbocycles. The number of hydrogen-bond donors (Lipinski definition) is 1. The SMILES string of the molecule is CC12CC3=CC(C1)CC(N)(C3)C2. The van der Waals surface area contributed by atoms with Crippen LogP contribution in [0.5, 0.6) is 0 Å². The van der Waals surface area contributed by atoms with E-state index in [4.69, 9.17) is 5.73 Å². The van der Waals surface area contributed by atoms with Crippen molar-refractivity contribution in [2.75, 3.05) is 0 Å². The molecule has 0 radical (unpaired) electrons. The monoisotopic (exact) mass is 163 g/mol. The molecule has 0 aliphatic heterocycles. The van der Waals surface area contributed by atoms with Gasteiger partial charge in [0, 0.05) is 5.54 Å². The summed E-state index contributed by atoms with van der Waals surface area (Å²) in [6.45, 7) is 2.42. The van der Waals surface area contributed by atoms with Crippen LogP contribution in [0.25, 0.3) is 0 Å². The van der Waals surface area contributed by atoms with Crippen molar-refractivity contribution in [3.05, 3.63) is 11.6 Å². The fourth-order valence-electron chi connectivity index (χ4n) is 4.12. The second kappa shape index (κ2) is 1.79. The first-order valence-corrected chi connectivity index (χ1v) is 5.06. The number of rotatable bonds is 0. The van der Waals surface area contributed by atoms with E-state index in [9.17, 15) is 0 Å². The van der Waals surface area contributed by atoms with Crippen LogP contribution in [0.2, 0.25) is 0 Å². The standard InChI is InChI=1S/C11H17N/c1-10-3-8-2-9(4-10)6-11(12,5-8)7-10/h2,8H,3-7,12H2,1H3.